The van der Waals surface area contributed by atoms with E-state index >= 15 is 0 Å². The van der Waals surface area contributed by atoms with Gasteiger partial charge in [-0.1, -0.05) is 12.1 Å². The molecule has 0 saturated carbocycles. The number of nitrogens with two attached hydrogens (primary N) is 1. The minimum absolute atomic E-state index is 0.101. The topological polar surface area (TPSA) is 111 Å². The number of nitrogens with one attached hydrogen (secondary N) is 1. The number of sulfonamides is 1. The van der Waals surface area contributed by atoms with Gasteiger partial charge >= 0.3 is 0 Å². The van der Waals surface area contributed by atoms with E-state index in [0.717, 1.165) is 0 Å². The molecular weight excluding hydrogens is 294 g/mol. The second kappa shape index (κ2) is 5.90. The highest BCUT2D eigenvalue weighted by Crippen LogP contribution is 2.22. The van der Waals surface area contributed by atoms with Crippen molar-refractivity contribution in [2.24, 2.45) is 5.14 Å². The lowest BCUT2D eigenvalue weighted by Gasteiger charge is -2.11. The predicted molar refractivity (Wildman–Crippen MR) is 76.6 cm³/mol. The Morgan fingerprint density at radius 2 is 2.00 bits per heavy atom. The summed E-state index contributed by atoms with van der Waals surface area (Å²) in [5.74, 6) is -0.242. The zero-order chi connectivity index (χ0) is 15.5. The first-order valence-corrected chi connectivity index (χ1v) is 7.39. The molecule has 0 bridgehead atoms. The first-order valence-electron chi connectivity index (χ1n) is 5.84. The van der Waals surface area contributed by atoms with Crippen LogP contribution in [0.25, 0.3) is 0 Å². The second-order valence-electron chi connectivity index (χ2n) is 4.07. The summed E-state index contributed by atoms with van der Waals surface area (Å²) in [5.41, 5.74) is 0.334. The van der Waals surface area contributed by atoms with E-state index in [1.54, 1.807) is 6.07 Å². The third kappa shape index (κ3) is 3.36. The van der Waals surface area contributed by atoms with E-state index in [0.29, 0.717) is 0 Å². The lowest BCUT2D eigenvalue weighted by molar-refractivity contribution is 0.102. The highest BCUT2D eigenvalue weighted by molar-refractivity contribution is 7.89. The number of ether oxygens (including phenoxy) is 1. The van der Waals surface area contributed by atoms with Crippen molar-refractivity contribution in [2.75, 3.05) is 12.4 Å². The van der Waals surface area contributed by atoms with Crippen LogP contribution in [0, 0.1) is 0 Å². The number of hydrogen-bond donors (Lipinski definition) is 2. The predicted octanol–water partition coefficient (Wildman–Crippen LogP) is 0.990. The molecule has 1 aromatic carbocycles. The third-order valence-corrected chi connectivity index (χ3v) is 3.66. The Morgan fingerprint density at radius 1 is 1.29 bits per heavy atom. The number of carbonyl (C=O) groups excluding carboxylic acids is 1. The summed E-state index contributed by atoms with van der Waals surface area (Å²) < 4.78 is 28.0. The number of amides is 1. The molecule has 1 amide bonds. The molecule has 7 nitrogen and oxygen atoms in total. The first-order chi connectivity index (χ1) is 9.93. The summed E-state index contributed by atoms with van der Waals surface area (Å²) in [6.07, 6.45) is 2.82. The smallest absolute Gasteiger partial charge is 0.259 e. The largest absolute Gasteiger partial charge is 0.494 e. The molecule has 0 aliphatic carbocycles. The number of anilines is 1. The van der Waals surface area contributed by atoms with Crippen LogP contribution in [-0.4, -0.2) is 26.4 Å². The normalized spacial score (nSPS) is 11.0. The van der Waals surface area contributed by atoms with E-state index in [-0.39, 0.29) is 21.9 Å². The number of rotatable bonds is 4. The molecule has 0 radical (unpaired) electrons. The quantitative estimate of drug-likeness (QED) is 0.875. The minimum Gasteiger partial charge on any atom is -0.494 e. The van der Waals surface area contributed by atoms with Crippen LogP contribution < -0.4 is 15.2 Å². The van der Waals surface area contributed by atoms with Gasteiger partial charge in [0.1, 0.15) is 10.6 Å². The molecule has 2 rings (SSSR count). The molecule has 1 heterocycles. The van der Waals surface area contributed by atoms with Crippen molar-refractivity contribution in [1.82, 2.24) is 4.98 Å². The van der Waals surface area contributed by atoms with Gasteiger partial charge in [0.15, 0.2) is 0 Å². The first kappa shape index (κ1) is 14.9. The van der Waals surface area contributed by atoms with Crippen molar-refractivity contribution in [1.29, 1.82) is 0 Å². The fourth-order valence-corrected chi connectivity index (χ4v) is 2.43. The zero-order valence-electron chi connectivity index (χ0n) is 11.1. The summed E-state index contributed by atoms with van der Waals surface area (Å²) in [4.78, 5) is 15.9. The maximum absolute atomic E-state index is 12.2. The number of para-hydroxylation sites is 1. The van der Waals surface area contributed by atoms with Crippen molar-refractivity contribution >= 4 is 21.6 Å². The number of benzene rings is 1. The summed E-state index contributed by atoms with van der Waals surface area (Å²) in [5, 5.41) is 7.62. The average Bonchev–Trinajstić information content (AvgIpc) is 2.46. The number of aromatic nitrogens is 1. The number of nitrogens with zero attached hydrogens (tertiary/aromatic N) is 1. The molecule has 0 aliphatic heterocycles. The van der Waals surface area contributed by atoms with Crippen LogP contribution in [0.3, 0.4) is 0 Å². The molecule has 3 N–H and O–H groups in total. The molecule has 8 heteroatoms. The summed E-state index contributed by atoms with van der Waals surface area (Å²) in [6, 6.07) is 7.34. The van der Waals surface area contributed by atoms with E-state index in [9.17, 15) is 13.2 Å². The van der Waals surface area contributed by atoms with Gasteiger partial charge in [-0.25, -0.2) is 13.6 Å². The second-order valence-corrected chi connectivity index (χ2v) is 5.60. The van der Waals surface area contributed by atoms with Crippen molar-refractivity contribution < 1.29 is 17.9 Å². The van der Waals surface area contributed by atoms with Crippen molar-refractivity contribution in [3.63, 3.8) is 0 Å². The number of pyridine rings is 1. The monoisotopic (exact) mass is 307 g/mol. The number of methoxy groups -OCH3 is 1. The van der Waals surface area contributed by atoms with Gasteiger partial charge in [-0.3, -0.25) is 9.78 Å². The SMILES string of the molecule is COc1cnccc1C(=O)Nc1ccccc1S(N)(=O)=O. The lowest BCUT2D eigenvalue weighted by Crippen LogP contribution is -2.18. The van der Waals surface area contributed by atoms with Crippen molar-refractivity contribution in [2.45, 2.75) is 4.90 Å². The molecule has 0 spiro atoms. The van der Waals surface area contributed by atoms with E-state index in [4.69, 9.17) is 9.88 Å². The maximum atomic E-state index is 12.2. The standard InChI is InChI=1S/C13H13N3O4S/c1-20-11-8-15-7-6-9(11)13(17)16-10-4-2-3-5-12(10)21(14,18)19/h2-8H,1H3,(H,16,17)(H2,14,18,19). The van der Waals surface area contributed by atoms with Gasteiger partial charge in [0.25, 0.3) is 5.91 Å². The molecule has 0 aliphatic rings. The number of hydrogen-bond acceptors (Lipinski definition) is 5. The molecule has 0 unspecified atom stereocenters. The molecular formula is C13H13N3O4S. The maximum Gasteiger partial charge on any atom is 0.259 e. The highest BCUT2D eigenvalue weighted by Gasteiger charge is 2.17. The number of carbonyl (C=O) groups is 1. The van der Waals surface area contributed by atoms with E-state index in [1.165, 1.54) is 43.8 Å². The zero-order valence-corrected chi connectivity index (χ0v) is 11.9. The Balaban J connectivity index is 2.37. The minimum atomic E-state index is -3.94. The van der Waals surface area contributed by atoms with E-state index < -0.39 is 15.9 Å². The van der Waals surface area contributed by atoms with Gasteiger partial charge < -0.3 is 10.1 Å². The van der Waals surface area contributed by atoms with Gasteiger partial charge in [0.05, 0.1) is 24.6 Å². The van der Waals surface area contributed by atoms with Gasteiger partial charge in [0.2, 0.25) is 10.0 Å². The third-order valence-electron chi connectivity index (χ3n) is 2.69. The fourth-order valence-electron chi connectivity index (χ4n) is 1.74. The lowest BCUT2D eigenvalue weighted by atomic mass is 10.2. The fraction of sp³-hybridized carbons (Fsp3) is 0.0769. The Bertz CT molecular complexity index is 774. The average molecular weight is 307 g/mol. The molecule has 0 fully saturated rings. The summed E-state index contributed by atoms with van der Waals surface area (Å²) in [6.45, 7) is 0. The molecule has 2 aromatic rings. The van der Waals surface area contributed by atoms with Gasteiger partial charge in [-0.05, 0) is 18.2 Å². The van der Waals surface area contributed by atoms with Crippen LogP contribution in [0.2, 0.25) is 0 Å². The Morgan fingerprint density at radius 3 is 2.67 bits per heavy atom. The molecule has 21 heavy (non-hydrogen) atoms. The van der Waals surface area contributed by atoms with Crippen LogP contribution in [0.1, 0.15) is 10.4 Å². The van der Waals surface area contributed by atoms with Crippen LogP contribution in [0.15, 0.2) is 47.6 Å². The van der Waals surface area contributed by atoms with Crippen molar-refractivity contribution in [3.05, 3.63) is 48.3 Å². The van der Waals surface area contributed by atoms with Crippen LogP contribution in [0.4, 0.5) is 5.69 Å². The molecule has 110 valence electrons. The van der Waals surface area contributed by atoms with E-state index in [1.807, 2.05) is 0 Å². The van der Waals surface area contributed by atoms with Crippen LogP contribution >= 0.6 is 0 Å². The number of primary sulfonamides is 1. The summed E-state index contributed by atoms with van der Waals surface area (Å²) in [7, 11) is -2.53. The molecule has 0 saturated heterocycles. The Kier molecular flexibility index (Phi) is 4.20. The van der Waals surface area contributed by atoms with Gasteiger partial charge in [-0.2, -0.15) is 0 Å². The van der Waals surface area contributed by atoms with Gasteiger partial charge in [0, 0.05) is 6.20 Å². The van der Waals surface area contributed by atoms with Crippen LogP contribution in [-0.2, 0) is 10.0 Å². The Hall–Kier alpha value is -2.45. The van der Waals surface area contributed by atoms with E-state index in [2.05, 4.69) is 10.3 Å². The highest BCUT2D eigenvalue weighted by atomic mass is 32.2. The molecule has 1 aromatic heterocycles. The van der Waals surface area contributed by atoms with Gasteiger partial charge in [-0.15, -0.1) is 0 Å². The van der Waals surface area contributed by atoms with Crippen LogP contribution in [0.5, 0.6) is 5.75 Å². The molecule has 0 atom stereocenters. The Labute approximate surface area is 121 Å². The van der Waals surface area contributed by atoms with Crippen molar-refractivity contribution in [3.8, 4) is 5.75 Å². The summed E-state index contributed by atoms with van der Waals surface area (Å²) >= 11 is 0.